The number of carbonyl (C=O) groups is 1. The number of aliphatic hydroxyl groups excluding tert-OH is 1. The van der Waals surface area contributed by atoms with Crippen LogP contribution in [-0.4, -0.2) is 30.6 Å². The van der Waals surface area contributed by atoms with Crippen molar-refractivity contribution >= 4 is 29.2 Å². The van der Waals surface area contributed by atoms with Gasteiger partial charge in [0.15, 0.2) is 5.76 Å². The van der Waals surface area contributed by atoms with E-state index in [1.165, 1.54) is 0 Å². The fraction of sp³-hybridized carbons (Fsp3) is 0.375. The molecule has 166 valence electrons. The van der Waals surface area contributed by atoms with E-state index in [1.54, 1.807) is 26.0 Å². The lowest BCUT2D eigenvalue weighted by Gasteiger charge is -2.35. The Balaban J connectivity index is 2.23. The van der Waals surface area contributed by atoms with E-state index in [9.17, 15) is 9.90 Å². The van der Waals surface area contributed by atoms with Gasteiger partial charge >= 0.3 is 5.97 Å². The van der Waals surface area contributed by atoms with Crippen LogP contribution in [0.25, 0.3) is 0 Å². The van der Waals surface area contributed by atoms with E-state index in [0.717, 1.165) is 11.1 Å². The molecule has 1 aromatic rings. The molecule has 3 atom stereocenters. The van der Waals surface area contributed by atoms with Crippen molar-refractivity contribution in [3.63, 3.8) is 0 Å². The fourth-order valence-corrected chi connectivity index (χ4v) is 4.27. The number of rotatable bonds is 7. The van der Waals surface area contributed by atoms with Crippen LogP contribution in [0.5, 0.6) is 0 Å². The summed E-state index contributed by atoms with van der Waals surface area (Å²) in [6.07, 6.45) is 6.56. The standard InChI is InChI=1S/C24H26Cl2O5/c1-4-29-23(27)19-18(15-10-7-6-8-11-15)14(3)21(31-22(19)24(28)30-5-2)16-12-9-13-17(25)20(16)26/h6-10,12-13,15,21,24,28H,4-5,11H2,1-3H3. The summed E-state index contributed by atoms with van der Waals surface area (Å²) in [4.78, 5) is 13.0. The van der Waals surface area contributed by atoms with Gasteiger partial charge in [-0.25, -0.2) is 4.79 Å². The Labute approximate surface area is 192 Å². The molecule has 0 spiro atoms. The second-order valence-electron chi connectivity index (χ2n) is 7.16. The molecule has 5 nitrogen and oxygen atoms in total. The van der Waals surface area contributed by atoms with E-state index in [2.05, 4.69) is 0 Å². The molecule has 0 amide bonds. The molecular formula is C24H26Cl2O5. The van der Waals surface area contributed by atoms with E-state index in [1.807, 2.05) is 37.3 Å². The van der Waals surface area contributed by atoms with Crippen LogP contribution in [0.2, 0.25) is 10.0 Å². The molecule has 7 heteroatoms. The molecule has 31 heavy (non-hydrogen) atoms. The summed E-state index contributed by atoms with van der Waals surface area (Å²) >= 11 is 12.8. The molecule has 0 saturated heterocycles. The summed E-state index contributed by atoms with van der Waals surface area (Å²) in [5.41, 5.74) is 2.37. The van der Waals surface area contributed by atoms with Gasteiger partial charge in [0.05, 0.1) is 16.7 Å². The lowest BCUT2D eigenvalue weighted by molar-refractivity contribution is -0.141. The fourth-order valence-electron chi connectivity index (χ4n) is 3.87. The summed E-state index contributed by atoms with van der Waals surface area (Å²) in [6.45, 7) is 5.80. The molecule has 0 fully saturated rings. The minimum Gasteiger partial charge on any atom is -0.479 e. The van der Waals surface area contributed by atoms with Crippen LogP contribution >= 0.6 is 23.2 Å². The lowest BCUT2D eigenvalue weighted by Crippen LogP contribution is -2.31. The van der Waals surface area contributed by atoms with Gasteiger partial charge in [-0.15, -0.1) is 0 Å². The van der Waals surface area contributed by atoms with E-state index in [4.69, 9.17) is 37.4 Å². The monoisotopic (exact) mass is 464 g/mol. The average Bonchev–Trinajstić information content (AvgIpc) is 2.76. The molecule has 1 aliphatic heterocycles. The second-order valence-corrected chi connectivity index (χ2v) is 7.95. The molecule has 1 N–H and O–H groups in total. The highest BCUT2D eigenvalue weighted by Crippen LogP contribution is 2.46. The molecule has 3 rings (SSSR count). The Kier molecular flexibility index (Phi) is 8.00. The van der Waals surface area contributed by atoms with Crippen molar-refractivity contribution in [1.29, 1.82) is 0 Å². The number of benzene rings is 1. The molecule has 1 aromatic carbocycles. The van der Waals surface area contributed by atoms with Gasteiger partial charge in [0.1, 0.15) is 11.7 Å². The number of ether oxygens (including phenoxy) is 3. The normalized spacial score (nSPS) is 21.9. The molecule has 0 bridgehead atoms. The summed E-state index contributed by atoms with van der Waals surface area (Å²) in [5.74, 6) is -0.647. The van der Waals surface area contributed by atoms with Crippen molar-refractivity contribution in [2.24, 2.45) is 5.92 Å². The number of aliphatic hydroxyl groups is 1. The number of hydrogen-bond acceptors (Lipinski definition) is 5. The van der Waals surface area contributed by atoms with Crippen LogP contribution < -0.4 is 0 Å². The van der Waals surface area contributed by atoms with Crippen LogP contribution in [0.4, 0.5) is 0 Å². The highest BCUT2D eigenvalue weighted by atomic mass is 35.5. The minimum atomic E-state index is -1.43. The van der Waals surface area contributed by atoms with Gasteiger partial charge in [-0.2, -0.15) is 0 Å². The Morgan fingerprint density at radius 3 is 2.68 bits per heavy atom. The van der Waals surface area contributed by atoms with Crippen LogP contribution in [0.3, 0.4) is 0 Å². The van der Waals surface area contributed by atoms with Gasteiger partial charge < -0.3 is 19.3 Å². The second kappa shape index (κ2) is 10.5. The molecule has 0 saturated carbocycles. The SMILES string of the molecule is CCOC(=O)C1=C(C(O)OCC)OC(c2cccc(Cl)c2Cl)C(C)=C1C1C=CC=CC1. The number of esters is 1. The van der Waals surface area contributed by atoms with Crippen LogP contribution in [-0.2, 0) is 19.0 Å². The summed E-state index contributed by atoms with van der Waals surface area (Å²) in [5, 5.41) is 11.5. The molecule has 0 aromatic heterocycles. The van der Waals surface area contributed by atoms with Gasteiger partial charge in [-0.3, -0.25) is 0 Å². The zero-order chi connectivity index (χ0) is 22.5. The Morgan fingerprint density at radius 2 is 2.03 bits per heavy atom. The quantitative estimate of drug-likeness (QED) is 0.414. The van der Waals surface area contributed by atoms with E-state index in [-0.39, 0.29) is 30.5 Å². The van der Waals surface area contributed by atoms with Gasteiger partial charge in [-0.05, 0) is 44.4 Å². The van der Waals surface area contributed by atoms with Crippen LogP contribution in [0.1, 0.15) is 38.9 Å². The highest BCUT2D eigenvalue weighted by molar-refractivity contribution is 6.42. The Hall–Kier alpha value is -2.05. The molecule has 2 aliphatic rings. The first-order chi connectivity index (χ1) is 14.9. The number of hydrogen-bond donors (Lipinski definition) is 1. The first kappa shape index (κ1) is 23.6. The predicted molar refractivity (Wildman–Crippen MR) is 121 cm³/mol. The predicted octanol–water partition coefficient (Wildman–Crippen LogP) is 5.69. The number of halogens is 2. The lowest BCUT2D eigenvalue weighted by atomic mass is 9.80. The third kappa shape index (κ3) is 4.90. The zero-order valence-corrected chi connectivity index (χ0v) is 19.2. The van der Waals surface area contributed by atoms with Gasteiger partial charge in [0.2, 0.25) is 6.29 Å². The molecular weight excluding hydrogens is 439 g/mol. The van der Waals surface area contributed by atoms with Gasteiger partial charge in [0.25, 0.3) is 0 Å². The van der Waals surface area contributed by atoms with Gasteiger partial charge in [0, 0.05) is 18.1 Å². The van der Waals surface area contributed by atoms with Crippen molar-refractivity contribution in [2.45, 2.75) is 39.6 Å². The first-order valence-electron chi connectivity index (χ1n) is 10.3. The third-order valence-corrected chi connectivity index (χ3v) is 6.06. The third-order valence-electron chi connectivity index (χ3n) is 5.22. The van der Waals surface area contributed by atoms with Crippen molar-refractivity contribution in [3.05, 3.63) is 80.6 Å². The summed E-state index contributed by atoms with van der Waals surface area (Å²) in [6, 6.07) is 5.30. The largest absolute Gasteiger partial charge is 0.479 e. The maximum Gasteiger partial charge on any atom is 0.342 e. The van der Waals surface area contributed by atoms with E-state index < -0.39 is 18.4 Å². The first-order valence-corrected chi connectivity index (χ1v) is 11.0. The Bertz CT molecular complexity index is 961. The molecule has 1 heterocycles. The zero-order valence-electron chi connectivity index (χ0n) is 17.7. The van der Waals surface area contributed by atoms with Crippen molar-refractivity contribution < 1.29 is 24.1 Å². The summed E-state index contributed by atoms with van der Waals surface area (Å²) in [7, 11) is 0. The van der Waals surface area contributed by atoms with Gasteiger partial charge in [-0.1, -0.05) is 59.6 Å². The van der Waals surface area contributed by atoms with Crippen LogP contribution in [0.15, 0.2) is 65.0 Å². The number of carbonyl (C=O) groups excluding carboxylic acids is 1. The maximum atomic E-state index is 13.0. The van der Waals surface area contributed by atoms with Crippen molar-refractivity contribution in [1.82, 2.24) is 0 Å². The smallest absolute Gasteiger partial charge is 0.342 e. The number of allylic oxidation sites excluding steroid dienone is 4. The maximum absolute atomic E-state index is 13.0. The van der Waals surface area contributed by atoms with Crippen molar-refractivity contribution in [3.8, 4) is 0 Å². The minimum absolute atomic E-state index is 0.0184. The topological polar surface area (TPSA) is 65.0 Å². The average molecular weight is 465 g/mol. The molecule has 3 unspecified atom stereocenters. The highest BCUT2D eigenvalue weighted by Gasteiger charge is 2.39. The van der Waals surface area contributed by atoms with Crippen molar-refractivity contribution in [2.75, 3.05) is 13.2 Å². The molecule has 1 aliphatic carbocycles. The Morgan fingerprint density at radius 1 is 1.26 bits per heavy atom. The summed E-state index contributed by atoms with van der Waals surface area (Å²) < 4.78 is 16.9. The molecule has 0 radical (unpaired) electrons. The van der Waals surface area contributed by atoms with E-state index >= 15 is 0 Å². The van der Waals surface area contributed by atoms with E-state index in [0.29, 0.717) is 22.0 Å². The van der Waals surface area contributed by atoms with Crippen LogP contribution in [0, 0.1) is 5.92 Å².